The van der Waals surface area contributed by atoms with Crippen LogP contribution in [0.3, 0.4) is 0 Å². The van der Waals surface area contributed by atoms with Gasteiger partial charge in [0.2, 0.25) is 5.91 Å². The van der Waals surface area contributed by atoms with Crippen LogP contribution in [0.1, 0.15) is 18.1 Å². The van der Waals surface area contributed by atoms with Crippen molar-refractivity contribution in [1.82, 2.24) is 5.32 Å². The highest BCUT2D eigenvalue weighted by atomic mass is 32.2. The van der Waals surface area contributed by atoms with E-state index in [2.05, 4.69) is 5.32 Å². The summed E-state index contributed by atoms with van der Waals surface area (Å²) < 4.78 is 0. The van der Waals surface area contributed by atoms with Gasteiger partial charge in [-0.05, 0) is 42.7 Å². The molecule has 4 nitrogen and oxygen atoms in total. The Morgan fingerprint density at radius 2 is 1.96 bits per heavy atom. The number of carbonyl (C=O) groups excluding carboxylic acids is 1. The van der Waals surface area contributed by atoms with Crippen molar-refractivity contribution < 1.29 is 15.0 Å². The Bertz CT molecular complexity index is 691. The number of nitrogens with one attached hydrogen (secondary N) is 1. The van der Waals surface area contributed by atoms with Crippen molar-refractivity contribution in [2.75, 3.05) is 6.61 Å². The Morgan fingerprint density at radius 1 is 1.26 bits per heavy atom. The van der Waals surface area contributed by atoms with Gasteiger partial charge in [-0.3, -0.25) is 4.79 Å². The van der Waals surface area contributed by atoms with Gasteiger partial charge in [0.25, 0.3) is 0 Å². The van der Waals surface area contributed by atoms with Crippen molar-refractivity contribution in [2.45, 2.75) is 29.0 Å². The SMILES string of the molecule is CC(CO)(NC(=O)C1Cc2ccccc2S1)c1ccc(O)cc1. The second-order valence-electron chi connectivity index (χ2n) is 5.94. The summed E-state index contributed by atoms with van der Waals surface area (Å²) in [6.45, 7) is 1.57. The number of fused-ring (bicyclic) bond motifs is 1. The molecule has 5 heteroatoms. The van der Waals surface area contributed by atoms with Gasteiger partial charge in [-0.1, -0.05) is 30.3 Å². The van der Waals surface area contributed by atoms with E-state index in [4.69, 9.17) is 0 Å². The third-order valence-corrected chi connectivity index (χ3v) is 5.48. The van der Waals surface area contributed by atoms with Gasteiger partial charge in [0.1, 0.15) is 5.75 Å². The molecule has 3 N–H and O–H groups in total. The van der Waals surface area contributed by atoms with Crippen LogP contribution in [0.15, 0.2) is 53.4 Å². The average molecular weight is 329 g/mol. The minimum atomic E-state index is -0.875. The molecule has 1 aliphatic rings. The molecule has 1 amide bonds. The van der Waals surface area contributed by atoms with Crippen molar-refractivity contribution in [3.63, 3.8) is 0 Å². The molecule has 2 aromatic rings. The van der Waals surface area contributed by atoms with Crippen LogP contribution >= 0.6 is 11.8 Å². The predicted molar refractivity (Wildman–Crippen MR) is 90.5 cm³/mol. The molecule has 2 atom stereocenters. The third kappa shape index (κ3) is 3.21. The lowest BCUT2D eigenvalue weighted by Crippen LogP contribution is -2.49. The molecule has 0 aromatic heterocycles. The highest BCUT2D eigenvalue weighted by Crippen LogP contribution is 2.37. The van der Waals surface area contributed by atoms with Gasteiger partial charge in [0, 0.05) is 4.90 Å². The van der Waals surface area contributed by atoms with E-state index in [-0.39, 0.29) is 23.5 Å². The smallest absolute Gasteiger partial charge is 0.234 e. The summed E-state index contributed by atoms with van der Waals surface area (Å²) in [5.74, 6) is 0.0676. The van der Waals surface area contributed by atoms with Crippen molar-refractivity contribution in [2.24, 2.45) is 0 Å². The zero-order chi connectivity index (χ0) is 16.4. The highest BCUT2D eigenvalue weighted by Gasteiger charge is 2.34. The lowest BCUT2D eigenvalue weighted by Gasteiger charge is -2.30. The Morgan fingerprint density at radius 3 is 2.61 bits per heavy atom. The number of rotatable bonds is 4. The summed E-state index contributed by atoms with van der Waals surface area (Å²) in [6, 6.07) is 14.5. The third-order valence-electron chi connectivity index (χ3n) is 4.16. The number of aromatic hydroxyl groups is 1. The number of carbonyl (C=O) groups is 1. The second kappa shape index (κ2) is 6.26. The van der Waals surface area contributed by atoms with Crippen molar-refractivity contribution in [3.05, 3.63) is 59.7 Å². The molecule has 3 rings (SSSR count). The fourth-order valence-electron chi connectivity index (χ4n) is 2.71. The Labute approximate surface area is 139 Å². The summed E-state index contributed by atoms with van der Waals surface area (Å²) in [6.07, 6.45) is 0.698. The van der Waals surface area contributed by atoms with E-state index >= 15 is 0 Å². The van der Waals surface area contributed by atoms with Gasteiger partial charge in [-0.25, -0.2) is 0 Å². The first-order valence-electron chi connectivity index (χ1n) is 7.49. The zero-order valence-corrected chi connectivity index (χ0v) is 13.6. The van der Waals surface area contributed by atoms with E-state index in [9.17, 15) is 15.0 Å². The molecule has 120 valence electrons. The van der Waals surface area contributed by atoms with E-state index < -0.39 is 5.54 Å². The van der Waals surface area contributed by atoms with Crippen LogP contribution in [0.5, 0.6) is 5.75 Å². The lowest BCUT2D eigenvalue weighted by atomic mass is 9.92. The molecule has 0 fully saturated rings. The Kier molecular flexibility index (Phi) is 4.33. The number of phenolic OH excluding ortho intramolecular Hbond substituents is 1. The molecule has 0 radical (unpaired) electrons. The predicted octanol–water partition coefficient (Wildman–Crippen LogP) is 2.43. The molecular weight excluding hydrogens is 310 g/mol. The quantitative estimate of drug-likeness (QED) is 0.806. The maximum Gasteiger partial charge on any atom is 0.234 e. The molecule has 0 aliphatic carbocycles. The average Bonchev–Trinajstić information content (AvgIpc) is 2.99. The second-order valence-corrected chi connectivity index (χ2v) is 7.19. The zero-order valence-electron chi connectivity index (χ0n) is 12.8. The number of aliphatic hydroxyl groups excluding tert-OH is 1. The van der Waals surface area contributed by atoms with Crippen LogP contribution in [0.25, 0.3) is 0 Å². The monoisotopic (exact) mass is 329 g/mol. The van der Waals surface area contributed by atoms with Crippen molar-refractivity contribution in [3.8, 4) is 5.75 Å². The normalized spacial score (nSPS) is 19.0. The molecule has 1 heterocycles. The molecule has 0 bridgehead atoms. The molecule has 0 spiro atoms. The Balaban J connectivity index is 1.75. The first-order valence-corrected chi connectivity index (χ1v) is 8.37. The van der Waals surface area contributed by atoms with Crippen LogP contribution in [0, 0.1) is 0 Å². The van der Waals surface area contributed by atoms with E-state index in [0.717, 1.165) is 10.5 Å². The van der Waals surface area contributed by atoms with Crippen molar-refractivity contribution in [1.29, 1.82) is 0 Å². The molecule has 2 aromatic carbocycles. The molecular formula is C18H19NO3S. The molecule has 23 heavy (non-hydrogen) atoms. The minimum absolute atomic E-state index is 0.0872. The van der Waals surface area contributed by atoms with Gasteiger partial charge in [0.15, 0.2) is 0 Å². The maximum atomic E-state index is 12.6. The van der Waals surface area contributed by atoms with Crippen LogP contribution in [0.2, 0.25) is 0 Å². The van der Waals surface area contributed by atoms with Crippen LogP contribution in [-0.2, 0) is 16.8 Å². The highest BCUT2D eigenvalue weighted by molar-refractivity contribution is 8.01. The number of thioether (sulfide) groups is 1. The maximum absolute atomic E-state index is 12.6. The summed E-state index contributed by atoms with van der Waals surface area (Å²) in [5.41, 5.74) is 1.07. The summed E-state index contributed by atoms with van der Waals surface area (Å²) in [4.78, 5) is 13.8. The number of phenols is 1. The number of benzene rings is 2. The first kappa shape index (κ1) is 15.9. The largest absolute Gasteiger partial charge is 0.508 e. The summed E-state index contributed by atoms with van der Waals surface area (Å²) >= 11 is 1.56. The molecule has 0 saturated heterocycles. The fourth-order valence-corrected chi connectivity index (χ4v) is 3.91. The molecule has 2 unspecified atom stereocenters. The fraction of sp³-hybridized carbons (Fsp3) is 0.278. The molecule has 1 aliphatic heterocycles. The van der Waals surface area contributed by atoms with E-state index in [1.165, 1.54) is 5.56 Å². The van der Waals surface area contributed by atoms with E-state index in [0.29, 0.717) is 6.42 Å². The van der Waals surface area contributed by atoms with E-state index in [1.54, 1.807) is 43.0 Å². The van der Waals surface area contributed by atoms with E-state index in [1.807, 2.05) is 24.3 Å². The van der Waals surface area contributed by atoms with Crippen molar-refractivity contribution >= 4 is 17.7 Å². The van der Waals surface area contributed by atoms with Crippen LogP contribution in [0.4, 0.5) is 0 Å². The summed E-state index contributed by atoms with van der Waals surface area (Å²) in [7, 11) is 0. The topological polar surface area (TPSA) is 69.6 Å². The van der Waals surface area contributed by atoms with Gasteiger partial charge in [-0.2, -0.15) is 0 Å². The van der Waals surface area contributed by atoms with Gasteiger partial charge in [-0.15, -0.1) is 11.8 Å². The van der Waals surface area contributed by atoms with Gasteiger partial charge >= 0.3 is 0 Å². The number of hydrogen-bond acceptors (Lipinski definition) is 4. The standard InChI is InChI=1S/C18H19NO3S/c1-18(11-20,13-6-8-14(21)9-7-13)19-17(22)16-10-12-4-2-3-5-15(12)23-16/h2-9,16,20-21H,10-11H2,1H3,(H,19,22). The Hall–Kier alpha value is -1.98. The molecule has 0 saturated carbocycles. The van der Waals surface area contributed by atoms with Crippen LogP contribution < -0.4 is 5.32 Å². The number of aliphatic hydroxyl groups is 1. The van der Waals surface area contributed by atoms with Gasteiger partial charge < -0.3 is 15.5 Å². The minimum Gasteiger partial charge on any atom is -0.508 e. The number of amides is 1. The first-order chi connectivity index (χ1) is 11.0. The van der Waals surface area contributed by atoms with Crippen LogP contribution in [-0.4, -0.2) is 28.0 Å². The lowest BCUT2D eigenvalue weighted by molar-refractivity contribution is -0.123. The summed E-state index contributed by atoms with van der Waals surface area (Å²) in [5, 5.41) is 22.0. The van der Waals surface area contributed by atoms with Gasteiger partial charge in [0.05, 0.1) is 17.4 Å². The number of hydrogen-bond donors (Lipinski definition) is 3.